The van der Waals surface area contributed by atoms with Crippen molar-refractivity contribution in [3.63, 3.8) is 0 Å². The minimum Gasteiger partial charge on any atom is -0.493 e. The molecule has 0 aliphatic carbocycles. The Labute approximate surface area is 238 Å². The molecule has 1 heterocycles. The summed E-state index contributed by atoms with van der Waals surface area (Å²) < 4.78 is 11.3. The number of fused-ring (bicyclic) bond motifs is 2. The van der Waals surface area contributed by atoms with Gasteiger partial charge in [0, 0.05) is 56.2 Å². The maximum absolute atomic E-state index is 13.6. The third-order valence-corrected chi connectivity index (χ3v) is 6.00. The number of hydrogen-bond donors (Lipinski definition) is 6. The molecule has 220 valence electrons. The van der Waals surface area contributed by atoms with Gasteiger partial charge in [0.2, 0.25) is 17.7 Å². The van der Waals surface area contributed by atoms with Crippen LogP contribution in [0.1, 0.15) is 36.0 Å². The lowest BCUT2D eigenvalue weighted by Crippen LogP contribution is -2.39. The Morgan fingerprint density at radius 3 is 2.44 bits per heavy atom. The van der Waals surface area contributed by atoms with E-state index >= 15 is 0 Å². The molecule has 0 saturated heterocycles. The molecular formula is C29H36N4O8. The maximum Gasteiger partial charge on any atom is 0.239 e. The van der Waals surface area contributed by atoms with Gasteiger partial charge in [-0.05, 0) is 35.9 Å². The molecule has 0 spiro atoms. The van der Waals surface area contributed by atoms with Crippen molar-refractivity contribution in [2.24, 2.45) is 5.73 Å². The van der Waals surface area contributed by atoms with Crippen LogP contribution in [0.3, 0.4) is 0 Å². The van der Waals surface area contributed by atoms with E-state index in [1.165, 1.54) is 4.90 Å². The van der Waals surface area contributed by atoms with Crippen molar-refractivity contribution in [3.05, 3.63) is 53.1 Å². The van der Waals surface area contributed by atoms with Crippen molar-refractivity contribution in [3.8, 4) is 23.3 Å². The van der Waals surface area contributed by atoms with Crippen LogP contribution in [0.15, 0.2) is 36.4 Å². The minimum absolute atomic E-state index is 0.00116. The number of aliphatic hydroxyl groups excluding tert-OH is 3. The molecule has 2 aromatic carbocycles. The van der Waals surface area contributed by atoms with Crippen LogP contribution < -0.4 is 30.7 Å². The number of carbonyl (C=O) groups is 3. The lowest BCUT2D eigenvalue weighted by molar-refractivity contribution is -0.127. The molecule has 3 amide bonds. The third kappa shape index (κ3) is 9.77. The first-order chi connectivity index (χ1) is 19.8. The number of anilines is 1. The van der Waals surface area contributed by atoms with E-state index in [9.17, 15) is 19.5 Å². The SMILES string of the molecule is NCCNC(=O)CNC(=O)CCC(=O)N1Cc2cc(OCCCO)ccc2C#Cc2ccc(OC[C@@H](O)CO)cc21. The average Bonchev–Trinajstić information content (AvgIpc) is 2.97. The van der Waals surface area contributed by atoms with E-state index in [1.54, 1.807) is 36.4 Å². The van der Waals surface area contributed by atoms with Gasteiger partial charge in [0.15, 0.2) is 0 Å². The average molecular weight is 569 g/mol. The highest BCUT2D eigenvalue weighted by atomic mass is 16.5. The van der Waals surface area contributed by atoms with Crippen LogP contribution in [0.4, 0.5) is 5.69 Å². The van der Waals surface area contributed by atoms with E-state index in [-0.39, 0.29) is 57.5 Å². The minimum atomic E-state index is -1.07. The number of nitrogens with one attached hydrogen (secondary N) is 2. The smallest absolute Gasteiger partial charge is 0.239 e. The number of rotatable bonds is 15. The van der Waals surface area contributed by atoms with Gasteiger partial charge >= 0.3 is 0 Å². The van der Waals surface area contributed by atoms with Gasteiger partial charge in [-0.25, -0.2) is 0 Å². The van der Waals surface area contributed by atoms with Crippen molar-refractivity contribution in [2.75, 3.05) is 51.0 Å². The monoisotopic (exact) mass is 568 g/mol. The molecule has 2 aromatic rings. The van der Waals surface area contributed by atoms with Gasteiger partial charge < -0.3 is 46.1 Å². The van der Waals surface area contributed by atoms with Gasteiger partial charge in [-0.3, -0.25) is 14.4 Å². The van der Waals surface area contributed by atoms with Crippen LogP contribution in [0, 0.1) is 11.8 Å². The summed E-state index contributed by atoms with van der Waals surface area (Å²) in [7, 11) is 0. The van der Waals surface area contributed by atoms with Gasteiger partial charge in [-0.2, -0.15) is 0 Å². The lowest BCUT2D eigenvalue weighted by atomic mass is 10.0. The van der Waals surface area contributed by atoms with Crippen LogP contribution in [0.25, 0.3) is 0 Å². The van der Waals surface area contributed by atoms with Gasteiger partial charge in [0.1, 0.15) is 24.2 Å². The zero-order valence-corrected chi connectivity index (χ0v) is 22.7. The van der Waals surface area contributed by atoms with E-state index in [0.717, 1.165) is 5.56 Å². The van der Waals surface area contributed by atoms with Crippen LogP contribution in [0.2, 0.25) is 0 Å². The van der Waals surface area contributed by atoms with Gasteiger partial charge in [0.25, 0.3) is 0 Å². The first-order valence-corrected chi connectivity index (χ1v) is 13.3. The molecule has 0 saturated carbocycles. The topological polar surface area (TPSA) is 184 Å². The number of hydrogen-bond acceptors (Lipinski definition) is 9. The number of aliphatic hydroxyl groups is 3. The molecule has 12 heteroatoms. The second-order valence-corrected chi connectivity index (χ2v) is 9.22. The zero-order chi connectivity index (χ0) is 29.6. The van der Waals surface area contributed by atoms with Crippen LogP contribution in [-0.2, 0) is 20.9 Å². The van der Waals surface area contributed by atoms with Crippen molar-refractivity contribution >= 4 is 23.4 Å². The second-order valence-electron chi connectivity index (χ2n) is 9.22. The summed E-state index contributed by atoms with van der Waals surface area (Å²) in [5.74, 6) is 5.97. The summed E-state index contributed by atoms with van der Waals surface area (Å²) in [5.41, 5.74) is 7.79. The van der Waals surface area contributed by atoms with Gasteiger partial charge in [-0.15, -0.1) is 0 Å². The van der Waals surface area contributed by atoms with E-state index in [0.29, 0.717) is 47.9 Å². The number of benzene rings is 2. The number of nitrogens with zero attached hydrogens (tertiary/aromatic N) is 1. The second kappa shape index (κ2) is 16.2. The molecule has 0 aromatic heterocycles. The Bertz CT molecular complexity index is 1270. The first kappa shape index (κ1) is 31.4. The molecule has 0 fully saturated rings. The number of amides is 3. The Morgan fingerprint density at radius 1 is 0.976 bits per heavy atom. The quantitative estimate of drug-likeness (QED) is 0.121. The first-order valence-electron chi connectivity index (χ1n) is 13.3. The fourth-order valence-electron chi connectivity index (χ4n) is 3.85. The van der Waals surface area contributed by atoms with E-state index in [2.05, 4.69) is 22.5 Å². The van der Waals surface area contributed by atoms with Crippen molar-refractivity contribution in [1.29, 1.82) is 0 Å². The Balaban J connectivity index is 1.84. The molecular weight excluding hydrogens is 532 g/mol. The normalized spacial score (nSPS) is 12.4. The van der Waals surface area contributed by atoms with Crippen molar-refractivity contribution in [2.45, 2.75) is 31.9 Å². The molecule has 12 nitrogen and oxygen atoms in total. The highest BCUT2D eigenvalue weighted by molar-refractivity contribution is 5.97. The summed E-state index contributed by atoms with van der Waals surface area (Å²) in [5, 5.41) is 32.9. The van der Waals surface area contributed by atoms with Crippen molar-refractivity contribution < 1.29 is 39.2 Å². The van der Waals surface area contributed by atoms with Crippen LogP contribution in [0.5, 0.6) is 11.5 Å². The third-order valence-electron chi connectivity index (χ3n) is 6.00. The molecule has 0 radical (unpaired) electrons. The summed E-state index contributed by atoms with van der Waals surface area (Å²) >= 11 is 0. The van der Waals surface area contributed by atoms with Crippen LogP contribution >= 0.6 is 0 Å². The van der Waals surface area contributed by atoms with Crippen molar-refractivity contribution in [1.82, 2.24) is 10.6 Å². The van der Waals surface area contributed by atoms with Gasteiger partial charge in [-0.1, -0.05) is 11.8 Å². The fraction of sp³-hybridized carbons (Fsp3) is 0.414. The standard InChI is InChI=1S/C29H36N4O8/c30-10-11-31-28(38)16-32-27(37)8-9-29(39)33-17-22-14-24(40-13-1-12-34)6-4-20(22)2-3-21-5-7-25(15-26(21)33)41-19-23(36)18-35/h4-7,14-15,23,34-36H,1,8-13,16-19,30H2,(H,31,38)(H,32,37)/t23-/m0/s1. The summed E-state index contributed by atoms with van der Waals surface area (Å²) in [6, 6.07) is 10.4. The van der Waals surface area contributed by atoms with E-state index in [1.807, 2.05) is 0 Å². The van der Waals surface area contributed by atoms with E-state index < -0.39 is 18.6 Å². The molecule has 1 atom stereocenters. The molecule has 1 aliphatic rings. The maximum atomic E-state index is 13.6. The highest BCUT2D eigenvalue weighted by Crippen LogP contribution is 2.31. The predicted molar refractivity (Wildman–Crippen MR) is 150 cm³/mol. The molecule has 41 heavy (non-hydrogen) atoms. The predicted octanol–water partition coefficient (Wildman–Crippen LogP) is -0.602. The zero-order valence-electron chi connectivity index (χ0n) is 22.7. The number of ether oxygens (including phenoxy) is 2. The highest BCUT2D eigenvalue weighted by Gasteiger charge is 2.23. The van der Waals surface area contributed by atoms with E-state index in [4.69, 9.17) is 25.4 Å². The lowest BCUT2D eigenvalue weighted by Gasteiger charge is -2.27. The molecule has 1 aliphatic heterocycles. The molecule has 7 N–H and O–H groups in total. The molecule has 3 rings (SSSR count). The molecule has 0 bridgehead atoms. The van der Waals surface area contributed by atoms with Crippen LogP contribution in [-0.4, -0.2) is 85.2 Å². The fourth-order valence-corrected chi connectivity index (χ4v) is 3.85. The summed E-state index contributed by atoms with van der Waals surface area (Å²) in [4.78, 5) is 39.2. The summed E-state index contributed by atoms with van der Waals surface area (Å²) in [6.07, 6.45) is -0.878. The number of carbonyl (C=O) groups excluding carboxylic acids is 3. The number of nitrogens with two attached hydrogens (primary N) is 1. The Kier molecular flexibility index (Phi) is 12.4. The Morgan fingerprint density at radius 2 is 1.71 bits per heavy atom. The molecule has 0 unspecified atom stereocenters. The van der Waals surface area contributed by atoms with Gasteiger partial charge in [0.05, 0.1) is 32.0 Å². The summed E-state index contributed by atoms with van der Waals surface area (Å²) in [6.45, 7) is 0.200. The largest absolute Gasteiger partial charge is 0.493 e. The Hall–Kier alpha value is -4.15.